The molecule has 17 heavy (non-hydrogen) atoms. The third kappa shape index (κ3) is 4.48. The van der Waals surface area contributed by atoms with Gasteiger partial charge >= 0.3 is 0 Å². The number of carbonyl (C=O) groups excluding carboxylic acids is 1. The molecular formula is C10H16N4O2S. The fourth-order valence-electron chi connectivity index (χ4n) is 1.09. The second kappa shape index (κ2) is 6.29. The minimum Gasteiger partial charge on any atom is -0.368 e. The van der Waals surface area contributed by atoms with Gasteiger partial charge in [-0.25, -0.2) is 0 Å². The lowest BCUT2D eigenvalue weighted by atomic mass is 10.3. The van der Waals surface area contributed by atoms with E-state index in [0.717, 1.165) is 0 Å². The topological polar surface area (TPSA) is 75.2 Å². The van der Waals surface area contributed by atoms with E-state index in [9.17, 15) is 9.00 Å². The quantitative estimate of drug-likeness (QED) is 0.800. The van der Waals surface area contributed by atoms with E-state index in [1.165, 1.54) is 4.90 Å². The molecule has 1 atom stereocenters. The maximum Gasteiger partial charge on any atom is 0.273 e. The standard InChI is InChI=1S/C10H16N4O2S/c1-14(2)10(15)8-4-5-9(13-12-8)11-6-7-17(3)16/h4-5H,6-7H2,1-3H3,(H,11,13). The van der Waals surface area contributed by atoms with E-state index in [-0.39, 0.29) is 5.91 Å². The molecule has 0 bridgehead atoms. The SMILES string of the molecule is CN(C)C(=O)c1ccc(NCCS(C)=O)nn1. The van der Waals surface area contributed by atoms with Gasteiger partial charge < -0.3 is 10.2 Å². The Morgan fingerprint density at radius 3 is 2.59 bits per heavy atom. The predicted molar refractivity (Wildman–Crippen MR) is 67.5 cm³/mol. The number of hydrogen-bond acceptors (Lipinski definition) is 5. The zero-order valence-electron chi connectivity index (χ0n) is 10.1. The highest BCUT2D eigenvalue weighted by Crippen LogP contribution is 2.03. The number of amides is 1. The van der Waals surface area contributed by atoms with Gasteiger partial charge in [-0.05, 0) is 12.1 Å². The maximum absolute atomic E-state index is 11.5. The van der Waals surface area contributed by atoms with Crippen LogP contribution in [0.15, 0.2) is 12.1 Å². The number of aromatic nitrogens is 2. The van der Waals surface area contributed by atoms with Crippen LogP contribution in [0.1, 0.15) is 10.5 Å². The van der Waals surface area contributed by atoms with Crippen LogP contribution in [0.2, 0.25) is 0 Å². The zero-order valence-corrected chi connectivity index (χ0v) is 11.0. The minimum absolute atomic E-state index is 0.182. The smallest absolute Gasteiger partial charge is 0.273 e. The summed E-state index contributed by atoms with van der Waals surface area (Å²) in [7, 11) is 2.49. The van der Waals surface area contributed by atoms with Gasteiger partial charge in [-0.3, -0.25) is 9.00 Å². The van der Waals surface area contributed by atoms with Crippen molar-refractivity contribution in [2.24, 2.45) is 0 Å². The summed E-state index contributed by atoms with van der Waals surface area (Å²) in [4.78, 5) is 13.0. The van der Waals surface area contributed by atoms with Crippen LogP contribution in [-0.4, -0.2) is 57.9 Å². The Hall–Kier alpha value is -1.50. The average molecular weight is 256 g/mol. The predicted octanol–water partition coefficient (Wildman–Crippen LogP) is -0.0312. The number of nitrogens with one attached hydrogen (secondary N) is 1. The molecule has 1 rings (SSSR count). The fourth-order valence-corrected chi connectivity index (χ4v) is 1.48. The van der Waals surface area contributed by atoms with Crippen molar-refractivity contribution >= 4 is 22.5 Å². The van der Waals surface area contributed by atoms with Gasteiger partial charge in [0.1, 0.15) is 5.82 Å². The number of hydrogen-bond donors (Lipinski definition) is 1. The lowest BCUT2D eigenvalue weighted by Crippen LogP contribution is -2.23. The molecule has 1 aromatic rings. The summed E-state index contributed by atoms with van der Waals surface area (Å²) in [5.74, 6) is 0.949. The number of nitrogens with zero attached hydrogens (tertiary/aromatic N) is 3. The molecule has 0 fully saturated rings. The van der Waals surface area contributed by atoms with Crippen LogP contribution in [0.4, 0.5) is 5.82 Å². The Balaban J connectivity index is 2.56. The van der Waals surface area contributed by atoms with Crippen LogP contribution in [0.5, 0.6) is 0 Å². The van der Waals surface area contributed by atoms with Crippen LogP contribution < -0.4 is 5.32 Å². The van der Waals surface area contributed by atoms with Gasteiger partial charge in [0, 0.05) is 43.4 Å². The first kappa shape index (κ1) is 13.6. The Labute approximate surface area is 103 Å². The molecule has 0 spiro atoms. The molecule has 0 radical (unpaired) electrons. The summed E-state index contributed by atoms with van der Waals surface area (Å²) >= 11 is 0. The average Bonchev–Trinajstić information content (AvgIpc) is 2.28. The summed E-state index contributed by atoms with van der Waals surface area (Å²) in [6, 6.07) is 3.29. The van der Waals surface area contributed by atoms with Crippen molar-refractivity contribution in [2.75, 3.05) is 38.0 Å². The zero-order chi connectivity index (χ0) is 12.8. The van der Waals surface area contributed by atoms with Crippen molar-refractivity contribution in [1.82, 2.24) is 15.1 Å². The van der Waals surface area contributed by atoms with E-state index in [4.69, 9.17) is 0 Å². The van der Waals surface area contributed by atoms with Crippen LogP contribution in [0.3, 0.4) is 0 Å². The molecule has 94 valence electrons. The van der Waals surface area contributed by atoms with Gasteiger partial charge in [0.05, 0.1) is 0 Å². The maximum atomic E-state index is 11.5. The van der Waals surface area contributed by atoms with Gasteiger partial charge in [0.2, 0.25) is 0 Å². The molecule has 0 aliphatic heterocycles. The van der Waals surface area contributed by atoms with Crippen molar-refractivity contribution in [3.63, 3.8) is 0 Å². The summed E-state index contributed by atoms with van der Waals surface area (Å²) in [6.07, 6.45) is 1.65. The molecule has 1 unspecified atom stereocenters. The summed E-state index contributed by atoms with van der Waals surface area (Å²) in [5, 5.41) is 10.7. The van der Waals surface area contributed by atoms with Crippen LogP contribution in [-0.2, 0) is 10.8 Å². The van der Waals surface area contributed by atoms with Gasteiger partial charge in [-0.1, -0.05) is 0 Å². The third-order valence-electron chi connectivity index (χ3n) is 1.99. The molecule has 1 aromatic heterocycles. The van der Waals surface area contributed by atoms with E-state index in [1.807, 2.05) is 0 Å². The van der Waals surface area contributed by atoms with Crippen LogP contribution >= 0.6 is 0 Å². The normalized spacial score (nSPS) is 11.9. The number of anilines is 1. The van der Waals surface area contributed by atoms with Crippen molar-refractivity contribution in [2.45, 2.75) is 0 Å². The van der Waals surface area contributed by atoms with Crippen molar-refractivity contribution < 1.29 is 9.00 Å². The molecule has 1 N–H and O–H groups in total. The Bertz CT molecular complexity index is 405. The molecule has 0 aromatic carbocycles. The Kier molecular flexibility index (Phi) is 5.02. The summed E-state index contributed by atoms with van der Waals surface area (Å²) < 4.78 is 10.8. The van der Waals surface area contributed by atoms with E-state index in [2.05, 4.69) is 15.5 Å². The van der Waals surface area contributed by atoms with Gasteiger partial charge in [0.15, 0.2) is 5.69 Å². The first-order valence-electron chi connectivity index (χ1n) is 5.10. The number of carbonyl (C=O) groups is 1. The molecule has 0 saturated carbocycles. The molecule has 0 aliphatic rings. The summed E-state index contributed by atoms with van der Waals surface area (Å²) in [6.45, 7) is 0.568. The molecular weight excluding hydrogens is 240 g/mol. The number of rotatable bonds is 5. The van der Waals surface area contributed by atoms with Gasteiger partial charge in [-0.15, -0.1) is 10.2 Å². The monoisotopic (exact) mass is 256 g/mol. The second-order valence-corrected chi connectivity index (χ2v) is 5.26. The van der Waals surface area contributed by atoms with E-state index in [1.54, 1.807) is 32.5 Å². The lowest BCUT2D eigenvalue weighted by Gasteiger charge is -2.09. The van der Waals surface area contributed by atoms with Crippen LogP contribution in [0.25, 0.3) is 0 Å². The van der Waals surface area contributed by atoms with Crippen molar-refractivity contribution in [3.8, 4) is 0 Å². The van der Waals surface area contributed by atoms with E-state index in [0.29, 0.717) is 23.8 Å². The fraction of sp³-hybridized carbons (Fsp3) is 0.500. The highest BCUT2D eigenvalue weighted by molar-refractivity contribution is 7.84. The van der Waals surface area contributed by atoms with Crippen molar-refractivity contribution in [3.05, 3.63) is 17.8 Å². The third-order valence-corrected chi connectivity index (χ3v) is 2.76. The largest absolute Gasteiger partial charge is 0.368 e. The first-order valence-corrected chi connectivity index (χ1v) is 6.82. The molecule has 0 aliphatic carbocycles. The highest BCUT2D eigenvalue weighted by atomic mass is 32.2. The van der Waals surface area contributed by atoms with Gasteiger partial charge in [0.25, 0.3) is 5.91 Å². The minimum atomic E-state index is -0.829. The van der Waals surface area contributed by atoms with Crippen LogP contribution in [0, 0.1) is 0 Å². The lowest BCUT2D eigenvalue weighted by molar-refractivity contribution is 0.0821. The summed E-state index contributed by atoms with van der Waals surface area (Å²) in [5.41, 5.74) is 0.305. The molecule has 6 nitrogen and oxygen atoms in total. The molecule has 0 saturated heterocycles. The van der Waals surface area contributed by atoms with E-state index < -0.39 is 10.8 Å². The molecule has 1 amide bonds. The molecule has 1 heterocycles. The molecule has 7 heteroatoms. The van der Waals surface area contributed by atoms with Gasteiger partial charge in [-0.2, -0.15) is 0 Å². The van der Waals surface area contributed by atoms with Crippen molar-refractivity contribution in [1.29, 1.82) is 0 Å². The Morgan fingerprint density at radius 2 is 2.12 bits per heavy atom. The Morgan fingerprint density at radius 1 is 1.41 bits per heavy atom. The first-order chi connectivity index (χ1) is 8.00. The second-order valence-electron chi connectivity index (χ2n) is 3.71. The van der Waals surface area contributed by atoms with E-state index >= 15 is 0 Å². The highest BCUT2D eigenvalue weighted by Gasteiger charge is 2.09.